The minimum atomic E-state index is 0.634. The molecule has 0 atom stereocenters. The fourth-order valence-corrected chi connectivity index (χ4v) is 1.16. The van der Waals surface area contributed by atoms with Gasteiger partial charge in [0.15, 0.2) is 0 Å². The Morgan fingerprint density at radius 3 is 2.62 bits per heavy atom. The average Bonchev–Trinajstić information content (AvgIpc) is 2.14. The molecule has 0 saturated heterocycles. The Morgan fingerprint density at radius 1 is 1.62 bits per heavy atom. The van der Waals surface area contributed by atoms with Crippen LogP contribution in [0.1, 0.15) is 0 Å². The van der Waals surface area contributed by atoms with Crippen LogP contribution in [0.25, 0.3) is 0 Å². The van der Waals surface area contributed by atoms with E-state index in [1.165, 1.54) is 11.3 Å². The molecule has 0 radical (unpaired) electrons. The molecular formula is C4H4ClNOS. The Labute approximate surface area is 55.8 Å². The van der Waals surface area contributed by atoms with Crippen LogP contribution in [0.15, 0.2) is 12.1 Å². The molecule has 0 aliphatic heterocycles. The summed E-state index contributed by atoms with van der Waals surface area (Å²) in [6.07, 6.45) is 0. The van der Waals surface area contributed by atoms with Crippen LogP contribution in [0.4, 0.5) is 0 Å². The second kappa shape index (κ2) is 2.35. The third kappa shape index (κ3) is 1.12. The summed E-state index contributed by atoms with van der Waals surface area (Å²) in [6.45, 7) is 0. The van der Waals surface area contributed by atoms with Crippen LogP contribution in [0.2, 0.25) is 4.34 Å². The molecule has 1 aromatic rings. The Bertz CT molecular complexity index is 176. The van der Waals surface area contributed by atoms with E-state index < -0.39 is 0 Å². The van der Waals surface area contributed by atoms with Gasteiger partial charge in [-0.15, -0.1) is 0 Å². The van der Waals surface area contributed by atoms with Crippen LogP contribution in [0.3, 0.4) is 0 Å². The minimum absolute atomic E-state index is 0.634. The molecule has 0 fully saturated rings. The first kappa shape index (κ1) is 5.88. The van der Waals surface area contributed by atoms with Crippen molar-refractivity contribution < 1.29 is 4.84 Å². The van der Waals surface area contributed by atoms with E-state index in [0.29, 0.717) is 9.40 Å². The van der Waals surface area contributed by atoms with Gasteiger partial charge in [0.25, 0.3) is 0 Å². The van der Waals surface area contributed by atoms with E-state index in [-0.39, 0.29) is 0 Å². The quantitative estimate of drug-likeness (QED) is 0.617. The van der Waals surface area contributed by atoms with E-state index in [4.69, 9.17) is 17.5 Å². The third-order valence-electron chi connectivity index (χ3n) is 0.665. The molecule has 4 heteroatoms. The highest BCUT2D eigenvalue weighted by Crippen LogP contribution is 2.26. The highest BCUT2D eigenvalue weighted by Gasteiger charge is 1.93. The van der Waals surface area contributed by atoms with Crippen LogP contribution in [0, 0.1) is 0 Å². The van der Waals surface area contributed by atoms with Crippen molar-refractivity contribution in [2.75, 3.05) is 0 Å². The second-order valence-electron chi connectivity index (χ2n) is 1.18. The highest BCUT2D eigenvalue weighted by atomic mass is 35.5. The molecule has 0 saturated carbocycles. The summed E-state index contributed by atoms with van der Waals surface area (Å²) in [4.78, 5) is 4.37. The van der Waals surface area contributed by atoms with Crippen LogP contribution >= 0.6 is 22.9 Å². The van der Waals surface area contributed by atoms with Gasteiger partial charge in [-0.05, 0) is 12.1 Å². The maximum atomic E-state index is 5.52. The van der Waals surface area contributed by atoms with Crippen molar-refractivity contribution in [1.29, 1.82) is 0 Å². The Kier molecular flexibility index (Phi) is 1.73. The lowest BCUT2D eigenvalue weighted by Gasteiger charge is -1.85. The number of thiophene rings is 1. The van der Waals surface area contributed by atoms with Crippen LogP contribution in [-0.4, -0.2) is 0 Å². The molecule has 1 heterocycles. The van der Waals surface area contributed by atoms with Crippen LogP contribution in [0.5, 0.6) is 5.06 Å². The molecule has 0 unspecified atom stereocenters. The lowest BCUT2D eigenvalue weighted by Crippen LogP contribution is -1.98. The number of nitrogens with two attached hydrogens (primary N) is 1. The van der Waals surface area contributed by atoms with E-state index in [1.807, 2.05) is 0 Å². The van der Waals surface area contributed by atoms with Crippen molar-refractivity contribution in [3.63, 3.8) is 0 Å². The molecular weight excluding hydrogens is 146 g/mol. The molecule has 0 amide bonds. The van der Waals surface area contributed by atoms with Crippen LogP contribution < -0.4 is 10.7 Å². The van der Waals surface area contributed by atoms with Gasteiger partial charge >= 0.3 is 0 Å². The average molecular weight is 150 g/mol. The van der Waals surface area contributed by atoms with Gasteiger partial charge in [-0.1, -0.05) is 22.9 Å². The maximum absolute atomic E-state index is 5.52. The highest BCUT2D eigenvalue weighted by molar-refractivity contribution is 7.17. The van der Waals surface area contributed by atoms with Crippen molar-refractivity contribution in [1.82, 2.24) is 0 Å². The maximum Gasteiger partial charge on any atom is 0.201 e. The predicted molar refractivity (Wildman–Crippen MR) is 34.1 cm³/mol. The van der Waals surface area contributed by atoms with Gasteiger partial charge in [0.05, 0.1) is 4.34 Å². The molecule has 8 heavy (non-hydrogen) atoms. The molecule has 0 aromatic carbocycles. The first-order chi connectivity index (χ1) is 3.83. The van der Waals surface area contributed by atoms with Gasteiger partial charge in [-0.2, -0.15) is 5.90 Å². The lowest BCUT2D eigenvalue weighted by molar-refractivity contribution is 0.345. The zero-order chi connectivity index (χ0) is 5.98. The number of hydrogen-bond donors (Lipinski definition) is 1. The Morgan fingerprint density at radius 2 is 2.38 bits per heavy atom. The second-order valence-corrected chi connectivity index (χ2v) is 2.85. The third-order valence-corrected chi connectivity index (χ3v) is 1.79. The van der Waals surface area contributed by atoms with E-state index in [9.17, 15) is 0 Å². The largest absolute Gasteiger partial charge is 0.400 e. The summed E-state index contributed by atoms with van der Waals surface area (Å²) in [5.41, 5.74) is 0. The first-order valence-corrected chi connectivity index (χ1v) is 3.14. The van der Waals surface area contributed by atoms with Gasteiger partial charge in [-0.25, -0.2) is 0 Å². The first-order valence-electron chi connectivity index (χ1n) is 1.95. The van der Waals surface area contributed by atoms with Crippen LogP contribution in [-0.2, 0) is 0 Å². The predicted octanol–water partition coefficient (Wildman–Crippen LogP) is 1.65. The van der Waals surface area contributed by atoms with Crippen molar-refractivity contribution in [3.05, 3.63) is 16.5 Å². The van der Waals surface area contributed by atoms with Crippen molar-refractivity contribution in [2.24, 2.45) is 5.90 Å². The number of rotatable bonds is 1. The fraction of sp³-hybridized carbons (Fsp3) is 0. The van der Waals surface area contributed by atoms with E-state index >= 15 is 0 Å². The molecule has 0 aliphatic rings. The van der Waals surface area contributed by atoms with E-state index in [2.05, 4.69) is 4.84 Å². The number of hydrogen-bond acceptors (Lipinski definition) is 3. The molecule has 2 N–H and O–H groups in total. The van der Waals surface area contributed by atoms with Gasteiger partial charge in [0.1, 0.15) is 0 Å². The Hall–Kier alpha value is -0.250. The lowest BCUT2D eigenvalue weighted by atomic mass is 10.7. The summed E-state index contributed by atoms with van der Waals surface area (Å²) in [5, 5.41) is 0.634. The zero-order valence-electron chi connectivity index (χ0n) is 3.93. The van der Waals surface area contributed by atoms with Crippen molar-refractivity contribution >= 4 is 22.9 Å². The van der Waals surface area contributed by atoms with Gasteiger partial charge in [0.2, 0.25) is 5.06 Å². The molecule has 44 valence electrons. The molecule has 1 rings (SSSR count). The van der Waals surface area contributed by atoms with Gasteiger partial charge < -0.3 is 4.84 Å². The topological polar surface area (TPSA) is 35.2 Å². The summed E-state index contributed by atoms with van der Waals surface area (Å²) in [7, 11) is 0. The summed E-state index contributed by atoms with van der Waals surface area (Å²) in [6, 6.07) is 3.45. The van der Waals surface area contributed by atoms with Gasteiger partial charge in [-0.3, -0.25) is 0 Å². The van der Waals surface area contributed by atoms with E-state index in [0.717, 1.165) is 0 Å². The zero-order valence-corrected chi connectivity index (χ0v) is 5.50. The van der Waals surface area contributed by atoms with Crippen molar-refractivity contribution in [3.8, 4) is 5.06 Å². The number of halogens is 1. The molecule has 2 nitrogen and oxygen atoms in total. The molecule has 0 bridgehead atoms. The minimum Gasteiger partial charge on any atom is -0.400 e. The monoisotopic (exact) mass is 149 g/mol. The normalized spacial score (nSPS) is 9.25. The van der Waals surface area contributed by atoms with Crippen molar-refractivity contribution in [2.45, 2.75) is 0 Å². The SMILES string of the molecule is NOc1ccc(Cl)s1. The molecule has 1 aromatic heterocycles. The molecule has 0 aliphatic carbocycles. The summed E-state index contributed by atoms with van der Waals surface area (Å²) >= 11 is 6.83. The standard InChI is InChI=1S/C4H4ClNOS/c5-3-1-2-4(7-6)8-3/h1-2H,6H2. The van der Waals surface area contributed by atoms with Gasteiger partial charge in [0, 0.05) is 0 Å². The summed E-state index contributed by atoms with van der Waals surface area (Å²) in [5.74, 6) is 4.81. The smallest absolute Gasteiger partial charge is 0.201 e. The Balaban J connectivity index is 2.84. The van der Waals surface area contributed by atoms with E-state index in [1.54, 1.807) is 12.1 Å². The summed E-state index contributed by atoms with van der Waals surface area (Å²) < 4.78 is 0.686. The molecule has 0 spiro atoms. The fourth-order valence-electron chi connectivity index (χ4n) is 0.361.